The smallest absolute Gasteiger partial charge is 0.0318 e. The van der Waals surface area contributed by atoms with Crippen LogP contribution in [0.2, 0.25) is 0 Å². The quantitative estimate of drug-likeness (QED) is 0.536. The molecular weight excluding hydrogens is 132 g/mol. The van der Waals surface area contributed by atoms with Crippen molar-refractivity contribution >= 4 is 0 Å². The summed E-state index contributed by atoms with van der Waals surface area (Å²) in [5, 5.41) is 0. The second kappa shape index (κ2) is 1.53. The molecule has 0 aromatic carbocycles. The van der Waals surface area contributed by atoms with Gasteiger partial charge in [-0.05, 0) is 67.6 Å². The summed E-state index contributed by atoms with van der Waals surface area (Å²) in [4.78, 5) is 0. The van der Waals surface area contributed by atoms with Gasteiger partial charge in [0.15, 0.2) is 0 Å². The molecule has 0 saturated heterocycles. The molecule has 4 fully saturated rings. The predicted molar refractivity (Wildman–Crippen MR) is 44.0 cm³/mol. The summed E-state index contributed by atoms with van der Waals surface area (Å²) in [5.41, 5.74) is 0. The van der Waals surface area contributed by atoms with E-state index in [2.05, 4.69) is 0 Å². The fourth-order valence-electron chi connectivity index (χ4n) is 4.49. The Hall–Kier alpha value is 0. The molecule has 0 aromatic rings. The molecule has 0 N–H and O–H groups in total. The first kappa shape index (κ1) is 5.61. The average Bonchev–Trinajstić information content (AvgIpc) is 2.87. The van der Waals surface area contributed by atoms with Gasteiger partial charge in [0.05, 0.1) is 0 Å². The molecule has 4 aliphatic carbocycles. The van der Waals surface area contributed by atoms with Crippen molar-refractivity contribution < 1.29 is 0 Å². The van der Waals surface area contributed by atoms with Gasteiger partial charge in [-0.2, -0.15) is 0 Å². The zero-order valence-corrected chi connectivity index (χ0v) is 7.00. The maximum atomic E-state index is 1.65. The van der Waals surface area contributed by atoms with Crippen molar-refractivity contribution in [2.24, 2.45) is 35.5 Å². The Balaban J connectivity index is 1.67. The number of fused-ring (bicyclic) bond motifs is 1. The van der Waals surface area contributed by atoms with E-state index >= 15 is 0 Å². The third-order valence-electron chi connectivity index (χ3n) is 5.00. The lowest BCUT2D eigenvalue weighted by molar-refractivity contribution is 0.383. The lowest BCUT2D eigenvalue weighted by Crippen LogP contribution is -2.03. The summed E-state index contributed by atoms with van der Waals surface area (Å²) in [5.74, 6) is 7.45. The second-order valence-corrected chi connectivity index (χ2v) is 5.39. The third-order valence-corrected chi connectivity index (χ3v) is 5.00. The SMILES string of the molecule is C1CC1C1CC2CCC3C2C13. The van der Waals surface area contributed by atoms with Crippen molar-refractivity contribution in [3.05, 3.63) is 0 Å². The van der Waals surface area contributed by atoms with Crippen LogP contribution in [0.25, 0.3) is 0 Å². The highest BCUT2D eigenvalue weighted by molar-refractivity contribution is 5.15. The van der Waals surface area contributed by atoms with Crippen molar-refractivity contribution in [3.63, 3.8) is 0 Å². The Morgan fingerprint density at radius 3 is 2.09 bits per heavy atom. The van der Waals surface area contributed by atoms with Gasteiger partial charge in [0, 0.05) is 0 Å². The van der Waals surface area contributed by atoms with Gasteiger partial charge in [-0.25, -0.2) is 0 Å². The van der Waals surface area contributed by atoms with Gasteiger partial charge in [0.2, 0.25) is 0 Å². The molecule has 0 nitrogen and oxygen atoms in total. The predicted octanol–water partition coefficient (Wildman–Crippen LogP) is 2.69. The van der Waals surface area contributed by atoms with E-state index in [0.717, 1.165) is 0 Å². The molecule has 0 aromatic heterocycles. The first-order chi connectivity index (χ1) is 5.45. The van der Waals surface area contributed by atoms with Crippen LogP contribution in [0, 0.1) is 35.5 Å². The molecule has 0 aliphatic heterocycles. The zero-order valence-electron chi connectivity index (χ0n) is 7.00. The van der Waals surface area contributed by atoms with Crippen molar-refractivity contribution in [2.75, 3.05) is 0 Å². The normalized spacial score (nSPS) is 64.9. The Kier molecular flexibility index (Phi) is 0.781. The lowest BCUT2D eigenvalue weighted by atomic mass is 9.95. The summed E-state index contributed by atoms with van der Waals surface area (Å²) in [6, 6.07) is 0. The van der Waals surface area contributed by atoms with E-state index in [1.807, 2.05) is 0 Å². The zero-order chi connectivity index (χ0) is 7.00. The van der Waals surface area contributed by atoms with E-state index in [9.17, 15) is 0 Å². The highest BCUT2D eigenvalue weighted by atomic mass is 14.7. The van der Waals surface area contributed by atoms with Crippen LogP contribution >= 0.6 is 0 Å². The topological polar surface area (TPSA) is 0 Å². The van der Waals surface area contributed by atoms with Crippen molar-refractivity contribution in [1.82, 2.24) is 0 Å². The Morgan fingerprint density at radius 2 is 1.45 bits per heavy atom. The van der Waals surface area contributed by atoms with Crippen LogP contribution in [0.5, 0.6) is 0 Å². The molecule has 11 heavy (non-hydrogen) atoms. The fourth-order valence-corrected chi connectivity index (χ4v) is 4.49. The monoisotopic (exact) mass is 148 g/mol. The van der Waals surface area contributed by atoms with Gasteiger partial charge in [0.1, 0.15) is 0 Å². The molecule has 4 saturated carbocycles. The van der Waals surface area contributed by atoms with Gasteiger partial charge in [0.25, 0.3) is 0 Å². The largest absolute Gasteiger partial charge is 0.0499 e. The molecule has 0 heteroatoms. The maximum Gasteiger partial charge on any atom is -0.0318 e. The van der Waals surface area contributed by atoms with Crippen molar-refractivity contribution in [1.29, 1.82) is 0 Å². The molecule has 0 bridgehead atoms. The molecule has 60 valence electrons. The van der Waals surface area contributed by atoms with Gasteiger partial charge in [-0.3, -0.25) is 0 Å². The van der Waals surface area contributed by atoms with Crippen molar-refractivity contribution in [3.8, 4) is 0 Å². The first-order valence-corrected chi connectivity index (χ1v) is 5.45. The highest BCUT2D eigenvalue weighted by Gasteiger charge is 2.67. The lowest BCUT2D eigenvalue weighted by Gasteiger charge is -2.10. The minimum Gasteiger partial charge on any atom is -0.0499 e. The first-order valence-electron chi connectivity index (χ1n) is 5.45. The minimum absolute atomic E-state index is 1.22. The number of hydrogen-bond donors (Lipinski definition) is 0. The average molecular weight is 148 g/mol. The minimum atomic E-state index is 1.22. The summed E-state index contributed by atoms with van der Waals surface area (Å²) >= 11 is 0. The third kappa shape index (κ3) is 0.554. The molecule has 5 unspecified atom stereocenters. The maximum absolute atomic E-state index is 1.65. The van der Waals surface area contributed by atoms with Gasteiger partial charge < -0.3 is 0 Å². The van der Waals surface area contributed by atoms with Gasteiger partial charge in [-0.15, -0.1) is 0 Å². The van der Waals surface area contributed by atoms with Crippen LogP contribution in [0.3, 0.4) is 0 Å². The van der Waals surface area contributed by atoms with E-state index in [1.165, 1.54) is 35.5 Å². The second-order valence-electron chi connectivity index (χ2n) is 5.39. The van der Waals surface area contributed by atoms with Crippen LogP contribution in [0.15, 0.2) is 0 Å². The Labute approximate surface area is 68.4 Å². The molecular formula is C11H16. The molecule has 5 atom stereocenters. The van der Waals surface area contributed by atoms with E-state index < -0.39 is 0 Å². The fraction of sp³-hybridized carbons (Fsp3) is 1.00. The molecule has 0 heterocycles. The van der Waals surface area contributed by atoms with Crippen molar-refractivity contribution in [2.45, 2.75) is 32.1 Å². The summed E-state index contributed by atoms with van der Waals surface area (Å²) < 4.78 is 0. The Bertz CT molecular complexity index is 204. The summed E-state index contributed by atoms with van der Waals surface area (Å²) in [6.07, 6.45) is 8.05. The molecule has 0 radical (unpaired) electrons. The molecule has 4 aliphatic rings. The van der Waals surface area contributed by atoms with Crippen LogP contribution in [-0.4, -0.2) is 0 Å². The Morgan fingerprint density at radius 1 is 0.636 bits per heavy atom. The van der Waals surface area contributed by atoms with E-state index in [1.54, 1.807) is 32.1 Å². The van der Waals surface area contributed by atoms with Gasteiger partial charge >= 0.3 is 0 Å². The number of rotatable bonds is 1. The van der Waals surface area contributed by atoms with Crippen LogP contribution in [0.4, 0.5) is 0 Å². The standard InChI is InChI=1S/C11H16/c1-2-6(1)9-5-7-3-4-8-10(7)11(8)9/h6-11H,1-5H2. The van der Waals surface area contributed by atoms with Crippen LogP contribution in [-0.2, 0) is 0 Å². The number of hydrogen-bond acceptors (Lipinski definition) is 0. The van der Waals surface area contributed by atoms with Crippen LogP contribution in [0.1, 0.15) is 32.1 Å². The van der Waals surface area contributed by atoms with E-state index in [4.69, 9.17) is 0 Å². The van der Waals surface area contributed by atoms with Gasteiger partial charge in [-0.1, -0.05) is 0 Å². The molecule has 0 spiro atoms. The summed E-state index contributed by atoms with van der Waals surface area (Å²) in [6.45, 7) is 0. The molecule has 0 amide bonds. The molecule has 4 rings (SSSR count). The van der Waals surface area contributed by atoms with E-state index in [0.29, 0.717) is 0 Å². The van der Waals surface area contributed by atoms with Crippen LogP contribution < -0.4 is 0 Å². The highest BCUT2D eigenvalue weighted by Crippen LogP contribution is 2.73. The van der Waals surface area contributed by atoms with E-state index in [-0.39, 0.29) is 0 Å². The summed E-state index contributed by atoms with van der Waals surface area (Å²) in [7, 11) is 0.